The molecule has 1 aliphatic rings. The molecule has 1 heterocycles. The van der Waals surface area contributed by atoms with Gasteiger partial charge in [-0.1, -0.05) is 0 Å². The Kier molecular flexibility index (Phi) is 3.37. The highest BCUT2D eigenvalue weighted by Crippen LogP contribution is 2.42. The summed E-state index contributed by atoms with van der Waals surface area (Å²) in [5, 5.41) is 3.79. The summed E-state index contributed by atoms with van der Waals surface area (Å²) >= 11 is 1.30. The van der Waals surface area contributed by atoms with Crippen LogP contribution in [0.2, 0.25) is 0 Å². The molecule has 1 aromatic heterocycles. The Balaban J connectivity index is 2.28. The van der Waals surface area contributed by atoms with E-state index in [4.69, 9.17) is 4.74 Å². The summed E-state index contributed by atoms with van der Waals surface area (Å²) in [5.41, 5.74) is -0.374. The third kappa shape index (κ3) is 2.24. The van der Waals surface area contributed by atoms with Crippen molar-refractivity contribution in [1.29, 1.82) is 0 Å². The maximum Gasteiger partial charge on any atom is 0.471 e. The lowest BCUT2D eigenvalue weighted by Gasteiger charge is -2.30. The topological polar surface area (TPSA) is 38.3 Å². The first-order valence-corrected chi connectivity index (χ1v) is 6.37. The lowest BCUT2D eigenvalue weighted by atomic mass is 10.2. The molecule has 0 aliphatic heterocycles. The molecule has 0 fully saturated rings. The molecule has 0 saturated carbocycles. The summed E-state index contributed by atoms with van der Waals surface area (Å²) in [6.07, 6.45) is -3.95. The summed E-state index contributed by atoms with van der Waals surface area (Å²) in [4.78, 5) is 11.8. The Morgan fingerprint density at radius 2 is 2.33 bits per heavy atom. The summed E-state index contributed by atoms with van der Waals surface area (Å²) < 4.78 is 42.5. The van der Waals surface area contributed by atoms with Crippen molar-refractivity contribution < 1.29 is 22.7 Å². The molecular weight excluding hydrogens is 267 g/mol. The van der Waals surface area contributed by atoms with Gasteiger partial charge in [0.25, 0.3) is 0 Å². The van der Waals surface area contributed by atoms with E-state index in [2.05, 4.69) is 0 Å². The van der Waals surface area contributed by atoms with Gasteiger partial charge in [-0.15, -0.1) is 11.3 Å². The van der Waals surface area contributed by atoms with Gasteiger partial charge in [-0.2, -0.15) is 13.2 Å². The second-order valence-electron chi connectivity index (χ2n) is 3.99. The molecule has 2 rings (SSSR count). The van der Waals surface area contributed by atoms with Crippen molar-refractivity contribution >= 4 is 17.2 Å². The van der Waals surface area contributed by atoms with Crippen LogP contribution in [0.5, 0.6) is 0 Å². The number of hydrogen-bond acceptors (Lipinski definition) is 3. The normalized spacial score (nSPS) is 22.9. The number of fused-ring (bicyclic) bond motifs is 1. The van der Waals surface area contributed by atoms with Crippen molar-refractivity contribution in [3.8, 4) is 0 Å². The van der Waals surface area contributed by atoms with Crippen molar-refractivity contribution in [2.24, 2.45) is 0 Å². The van der Waals surface area contributed by atoms with Crippen LogP contribution in [0.15, 0.2) is 11.4 Å². The first-order valence-electron chi connectivity index (χ1n) is 5.49. The molecule has 3 nitrogen and oxygen atoms in total. The van der Waals surface area contributed by atoms with Crippen LogP contribution >= 0.6 is 11.3 Å². The van der Waals surface area contributed by atoms with Crippen LogP contribution in [0.3, 0.4) is 0 Å². The van der Waals surface area contributed by atoms with Gasteiger partial charge in [0.2, 0.25) is 0 Å². The van der Waals surface area contributed by atoms with Gasteiger partial charge >= 0.3 is 12.1 Å². The maximum absolute atomic E-state index is 12.4. The number of carbonyl (C=O) groups is 1. The highest BCUT2D eigenvalue weighted by molar-refractivity contribution is 7.10. The van der Waals surface area contributed by atoms with Gasteiger partial charge in [-0.3, -0.25) is 4.79 Å². The molecule has 1 aliphatic carbocycles. The molecule has 0 radical (unpaired) electrons. The van der Waals surface area contributed by atoms with Gasteiger partial charge < -0.3 is 10.1 Å². The fourth-order valence-electron chi connectivity index (χ4n) is 2.10. The van der Waals surface area contributed by atoms with Crippen LogP contribution in [0, 0.1) is 0 Å². The van der Waals surface area contributed by atoms with Crippen LogP contribution in [0.4, 0.5) is 13.2 Å². The van der Waals surface area contributed by atoms with Crippen molar-refractivity contribution in [2.75, 3.05) is 6.61 Å². The standard InChI is InChI=1S/C11H12F3NO2S/c1-2-17-10(15-9(16)11(12,13)14)5-3-7-4-6-18-8(7)10/h4,6H,2-3,5H2,1H3,(H,15,16). The molecule has 100 valence electrons. The Bertz CT molecular complexity index is 457. The fraction of sp³-hybridized carbons (Fsp3) is 0.545. The summed E-state index contributed by atoms with van der Waals surface area (Å²) in [7, 11) is 0. The predicted octanol–water partition coefficient (Wildman–Crippen LogP) is 2.56. The summed E-state index contributed by atoms with van der Waals surface area (Å²) in [6, 6.07) is 1.85. The number of halogens is 3. The van der Waals surface area contributed by atoms with E-state index in [0.29, 0.717) is 17.7 Å². The molecule has 1 atom stereocenters. The Hall–Kier alpha value is -1.08. The van der Waals surface area contributed by atoms with Crippen LogP contribution < -0.4 is 5.32 Å². The van der Waals surface area contributed by atoms with E-state index in [-0.39, 0.29) is 6.61 Å². The highest BCUT2D eigenvalue weighted by Gasteiger charge is 2.48. The molecule has 1 unspecified atom stereocenters. The number of nitrogens with one attached hydrogen (secondary N) is 1. The van der Waals surface area contributed by atoms with E-state index in [0.717, 1.165) is 5.56 Å². The van der Waals surface area contributed by atoms with Gasteiger partial charge in [0.15, 0.2) is 5.72 Å². The lowest BCUT2D eigenvalue weighted by Crippen LogP contribution is -2.51. The maximum atomic E-state index is 12.4. The van der Waals surface area contributed by atoms with E-state index in [1.54, 1.807) is 12.3 Å². The van der Waals surface area contributed by atoms with Crippen molar-refractivity contribution in [1.82, 2.24) is 5.32 Å². The average molecular weight is 279 g/mol. The lowest BCUT2D eigenvalue weighted by molar-refractivity contribution is -0.184. The first-order chi connectivity index (χ1) is 8.39. The fourth-order valence-corrected chi connectivity index (χ4v) is 3.20. The summed E-state index contributed by atoms with van der Waals surface area (Å²) in [5.74, 6) is -1.96. The Labute approximate surface area is 106 Å². The Morgan fingerprint density at radius 3 is 2.94 bits per heavy atom. The monoisotopic (exact) mass is 279 g/mol. The second-order valence-corrected chi connectivity index (χ2v) is 4.90. The van der Waals surface area contributed by atoms with Gasteiger partial charge in [-0.05, 0) is 30.4 Å². The number of thiophene rings is 1. The SMILES string of the molecule is CCOC1(NC(=O)C(F)(F)F)CCc2ccsc21. The zero-order valence-corrected chi connectivity index (χ0v) is 10.5. The molecule has 0 spiro atoms. The number of aryl methyl sites for hydroxylation is 1. The number of hydrogen-bond donors (Lipinski definition) is 1. The molecule has 1 amide bonds. The number of carbonyl (C=O) groups excluding carboxylic acids is 1. The zero-order chi connectivity index (χ0) is 13.4. The number of rotatable bonds is 3. The van der Waals surface area contributed by atoms with E-state index in [1.807, 2.05) is 11.4 Å². The second kappa shape index (κ2) is 4.55. The Morgan fingerprint density at radius 1 is 1.61 bits per heavy atom. The number of ether oxygens (including phenoxy) is 1. The van der Waals surface area contributed by atoms with E-state index in [9.17, 15) is 18.0 Å². The zero-order valence-electron chi connectivity index (χ0n) is 9.63. The van der Waals surface area contributed by atoms with Crippen LogP contribution in [0.1, 0.15) is 23.8 Å². The van der Waals surface area contributed by atoms with E-state index in [1.165, 1.54) is 11.3 Å². The third-order valence-corrected chi connectivity index (χ3v) is 3.92. The molecule has 7 heteroatoms. The number of amides is 1. The van der Waals surface area contributed by atoms with Crippen LogP contribution in [-0.4, -0.2) is 18.7 Å². The molecule has 0 aromatic carbocycles. The van der Waals surface area contributed by atoms with Gasteiger partial charge in [0, 0.05) is 13.0 Å². The molecule has 18 heavy (non-hydrogen) atoms. The average Bonchev–Trinajstić information content (AvgIpc) is 2.82. The van der Waals surface area contributed by atoms with Crippen LogP contribution in [0.25, 0.3) is 0 Å². The molecule has 1 aromatic rings. The van der Waals surface area contributed by atoms with E-state index < -0.39 is 17.8 Å². The highest BCUT2D eigenvalue weighted by atomic mass is 32.1. The molecular formula is C11H12F3NO2S. The van der Waals surface area contributed by atoms with Crippen molar-refractivity contribution in [2.45, 2.75) is 31.7 Å². The van der Waals surface area contributed by atoms with Gasteiger partial charge in [0.1, 0.15) is 0 Å². The minimum atomic E-state index is -4.90. The minimum Gasteiger partial charge on any atom is -0.351 e. The van der Waals surface area contributed by atoms with E-state index >= 15 is 0 Å². The molecule has 0 bridgehead atoms. The van der Waals surface area contributed by atoms with Gasteiger partial charge in [-0.25, -0.2) is 0 Å². The predicted molar refractivity (Wildman–Crippen MR) is 60.1 cm³/mol. The smallest absolute Gasteiger partial charge is 0.351 e. The number of alkyl halides is 3. The van der Waals surface area contributed by atoms with Gasteiger partial charge in [0.05, 0.1) is 4.88 Å². The van der Waals surface area contributed by atoms with Crippen molar-refractivity contribution in [3.63, 3.8) is 0 Å². The largest absolute Gasteiger partial charge is 0.471 e. The molecule has 1 N–H and O–H groups in total. The van der Waals surface area contributed by atoms with Crippen LogP contribution in [-0.2, 0) is 21.7 Å². The third-order valence-electron chi connectivity index (χ3n) is 2.82. The quantitative estimate of drug-likeness (QED) is 0.864. The summed E-state index contributed by atoms with van der Waals surface area (Å²) in [6.45, 7) is 1.92. The first kappa shape index (κ1) is 13.4. The molecule has 0 saturated heterocycles. The van der Waals surface area contributed by atoms with Crippen molar-refractivity contribution in [3.05, 3.63) is 21.9 Å². The minimum absolute atomic E-state index is 0.232.